The number of imidazole rings is 1. The Balaban J connectivity index is 2.02. The van der Waals surface area contributed by atoms with Crippen molar-refractivity contribution >= 4 is 28.8 Å². The van der Waals surface area contributed by atoms with Crippen LogP contribution in [-0.2, 0) is 6.54 Å². The number of aromatic amines is 1. The lowest BCUT2D eigenvalue weighted by atomic mass is 10.1. The number of thioether (sulfide) groups is 1. The van der Waals surface area contributed by atoms with Crippen molar-refractivity contribution < 1.29 is 9.90 Å². The highest BCUT2D eigenvalue weighted by Crippen LogP contribution is 2.27. The van der Waals surface area contributed by atoms with E-state index in [0.717, 1.165) is 12.2 Å². The molecule has 20 heavy (non-hydrogen) atoms. The second kappa shape index (κ2) is 5.36. The zero-order valence-corrected chi connectivity index (χ0v) is 11.8. The van der Waals surface area contributed by atoms with Crippen LogP contribution in [0.4, 0.5) is 0 Å². The highest BCUT2D eigenvalue weighted by atomic mass is 32.2. The third-order valence-corrected chi connectivity index (χ3v) is 5.08. The number of nitrogens with one attached hydrogen (secondary N) is 1. The summed E-state index contributed by atoms with van der Waals surface area (Å²) in [7, 11) is 0. The molecule has 5 nitrogen and oxygen atoms in total. The Bertz CT molecular complexity index is 698. The molecule has 1 aromatic heterocycles. The van der Waals surface area contributed by atoms with Crippen molar-refractivity contribution in [3.8, 4) is 0 Å². The molecule has 1 fully saturated rings. The van der Waals surface area contributed by atoms with E-state index in [2.05, 4.69) is 4.98 Å². The molecule has 1 atom stereocenters. The molecule has 1 saturated heterocycles. The van der Waals surface area contributed by atoms with Crippen LogP contribution in [0.2, 0.25) is 0 Å². The number of aromatic nitrogens is 2. The Kier molecular flexibility index (Phi) is 3.56. The van der Waals surface area contributed by atoms with Gasteiger partial charge in [-0.2, -0.15) is 11.8 Å². The SMILES string of the molecule is O=C(O)c1cccc2c1[nH]c(=O)n2CC1CCCCS1. The van der Waals surface area contributed by atoms with Crippen LogP contribution in [0.1, 0.15) is 29.6 Å². The van der Waals surface area contributed by atoms with Gasteiger partial charge in [0.2, 0.25) is 0 Å². The van der Waals surface area contributed by atoms with E-state index in [1.807, 2.05) is 11.8 Å². The summed E-state index contributed by atoms with van der Waals surface area (Å²) in [5, 5.41) is 9.61. The number of carboxylic acids is 1. The largest absolute Gasteiger partial charge is 0.478 e. The fourth-order valence-corrected chi connectivity index (χ4v) is 3.99. The van der Waals surface area contributed by atoms with Gasteiger partial charge in [-0.1, -0.05) is 12.5 Å². The van der Waals surface area contributed by atoms with Crippen molar-refractivity contribution in [1.29, 1.82) is 0 Å². The van der Waals surface area contributed by atoms with Crippen LogP contribution >= 0.6 is 11.8 Å². The van der Waals surface area contributed by atoms with E-state index >= 15 is 0 Å². The molecule has 0 amide bonds. The van der Waals surface area contributed by atoms with Crippen molar-refractivity contribution in [3.63, 3.8) is 0 Å². The number of fused-ring (bicyclic) bond motifs is 1. The fourth-order valence-electron chi connectivity index (χ4n) is 2.69. The van der Waals surface area contributed by atoms with E-state index in [1.165, 1.54) is 18.9 Å². The molecule has 6 heteroatoms. The molecule has 0 saturated carbocycles. The summed E-state index contributed by atoms with van der Waals surface area (Å²) in [4.78, 5) is 26.0. The predicted molar refractivity (Wildman–Crippen MR) is 79.6 cm³/mol. The van der Waals surface area contributed by atoms with Crippen molar-refractivity contribution in [1.82, 2.24) is 9.55 Å². The van der Waals surface area contributed by atoms with Gasteiger partial charge in [-0.25, -0.2) is 9.59 Å². The van der Waals surface area contributed by atoms with Gasteiger partial charge in [0, 0.05) is 11.8 Å². The normalized spacial score (nSPS) is 19.3. The smallest absolute Gasteiger partial charge is 0.337 e. The monoisotopic (exact) mass is 292 g/mol. The predicted octanol–water partition coefficient (Wildman–Crippen LogP) is 2.31. The minimum absolute atomic E-state index is 0.148. The number of H-pyrrole nitrogens is 1. The maximum Gasteiger partial charge on any atom is 0.337 e. The first-order valence-corrected chi connectivity index (χ1v) is 7.78. The molecule has 1 aliphatic heterocycles. The standard InChI is InChI=1S/C14H16N2O3S/c17-13(18)10-5-3-6-11-12(10)15-14(19)16(11)8-9-4-1-2-7-20-9/h3,5-6,9H,1-2,4,7-8H2,(H,15,19)(H,17,18). The van der Waals surface area contributed by atoms with Gasteiger partial charge in [0.25, 0.3) is 0 Å². The molecule has 1 unspecified atom stereocenters. The highest BCUT2D eigenvalue weighted by Gasteiger charge is 2.19. The van der Waals surface area contributed by atoms with Crippen LogP contribution in [0.15, 0.2) is 23.0 Å². The Labute approximate surface area is 120 Å². The lowest BCUT2D eigenvalue weighted by molar-refractivity contribution is 0.0699. The van der Waals surface area contributed by atoms with Crippen LogP contribution in [0.3, 0.4) is 0 Å². The minimum Gasteiger partial charge on any atom is -0.478 e. The summed E-state index contributed by atoms with van der Waals surface area (Å²) >= 11 is 1.90. The Hall–Kier alpha value is -1.69. The van der Waals surface area contributed by atoms with E-state index in [9.17, 15) is 9.59 Å². The third-order valence-electron chi connectivity index (χ3n) is 3.70. The average Bonchev–Trinajstić information content (AvgIpc) is 2.76. The van der Waals surface area contributed by atoms with Gasteiger partial charge in [-0.15, -0.1) is 0 Å². The van der Waals surface area contributed by atoms with Crippen molar-refractivity contribution in [2.75, 3.05) is 5.75 Å². The van der Waals surface area contributed by atoms with Crippen LogP contribution in [0.5, 0.6) is 0 Å². The number of carbonyl (C=O) groups is 1. The number of carboxylic acid groups (broad SMARTS) is 1. The molecule has 0 spiro atoms. The Morgan fingerprint density at radius 3 is 3.00 bits per heavy atom. The van der Waals surface area contributed by atoms with Crippen LogP contribution < -0.4 is 5.69 Å². The number of aromatic carboxylic acids is 1. The fraction of sp³-hybridized carbons (Fsp3) is 0.429. The van der Waals surface area contributed by atoms with Crippen molar-refractivity contribution in [2.24, 2.45) is 0 Å². The molecule has 3 rings (SSSR count). The average molecular weight is 292 g/mol. The summed E-state index contributed by atoms with van der Waals surface area (Å²) in [5.41, 5.74) is 1.03. The van der Waals surface area contributed by atoms with E-state index in [4.69, 9.17) is 5.11 Å². The van der Waals surface area contributed by atoms with Gasteiger partial charge in [0.1, 0.15) is 0 Å². The first-order chi connectivity index (χ1) is 9.66. The molecule has 1 aliphatic rings. The number of hydrogen-bond donors (Lipinski definition) is 2. The van der Waals surface area contributed by atoms with Gasteiger partial charge in [-0.3, -0.25) is 4.57 Å². The van der Waals surface area contributed by atoms with Crippen LogP contribution in [-0.4, -0.2) is 31.6 Å². The van der Waals surface area contributed by atoms with E-state index in [0.29, 0.717) is 22.8 Å². The second-order valence-electron chi connectivity index (χ2n) is 5.03. The lowest BCUT2D eigenvalue weighted by Gasteiger charge is -2.21. The number of benzene rings is 1. The van der Waals surface area contributed by atoms with Crippen molar-refractivity contribution in [3.05, 3.63) is 34.2 Å². The second-order valence-corrected chi connectivity index (χ2v) is 6.44. The summed E-state index contributed by atoms with van der Waals surface area (Å²) in [6, 6.07) is 5.00. The zero-order valence-electron chi connectivity index (χ0n) is 11.0. The van der Waals surface area contributed by atoms with Gasteiger partial charge < -0.3 is 10.1 Å². The molecule has 2 heterocycles. The molecule has 0 radical (unpaired) electrons. The summed E-state index contributed by atoms with van der Waals surface area (Å²) in [6.45, 7) is 0.645. The maximum atomic E-state index is 12.1. The minimum atomic E-state index is -1.02. The topological polar surface area (TPSA) is 75.1 Å². The van der Waals surface area contributed by atoms with Gasteiger partial charge >= 0.3 is 11.7 Å². The number of nitrogens with zero attached hydrogens (tertiary/aromatic N) is 1. The molecule has 0 aliphatic carbocycles. The van der Waals surface area contributed by atoms with Gasteiger partial charge in [0.15, 0.2) is 0 Å². The first kappa shape index (κ1) is 13.3. The third kappa shape index (κ3) is 2.35. The van der Waals surface area contributed by atoms with E-state index in [1.54, 1.807) is 16.7 Å². The molecule has 106 valence electrons. The molecular weight excluding hydrogens is 276 g/mol. The molecule has 2 aromatic rings. The molecule has 0 bridgehead atoms. The van der Waals surface area contributed by atoms with Crippen LogP contribution in [0, 0.1) is 0 Å². The van der Waals surface area contributed by atoms with Gasteiger partial charge in [-0.05, 0) is 30.7 Å². The van der Waals surface area contributed by atoms with Crippen LogP contribution in [0.25, 0.3) is 11.0 Å². The number of para-hydroxylation sites is 1. The number of hydrogen-bond acceptors (Lipinski definition) is 3. The van der Waals surface area contributed by atoms with Gasteiger partial charge in [0.05, 0.1) is 16.6 Å². The quantitative estimate of drug-likeness (QED) is 0.910. The summed E-state index contributed by atoms with van der Waals surface area (Å²) < 4.78 is 1.67. The Morgan fingerprint density at radius 1 is 1.45 bits per heavy atom. The molecule has 2 N–H and O–H groups in total. The first-order valence-electron chi connectivity index (χ1n) is 6.73. The lowest BCUT2D eigenvalue weighted by Crippen LogP contribution is -2.24. The van der Waals surface area contributed by atoms with E-state index < -0.39 is 5.97 Å². The Morgan fingerprint density at radius 2 is 2.30 bits per heavy atom. The zero-order chi connectivity index (χ0) is 14.1. The summed E-state index contributed by atoms with van der Waals surface area (Å²) in [5.74, 6) is 0.123. The highest BCUT2D eigenvalue weighted by molar-refractivity contribution is 7.99. The number of rotatable bonds is 3. The van der Waals surface area contributed by atoms with E-state index in [-0.39, 0.29) is 11.3 Å². The molecular formula is C14H16N2O3S. The maximum absolute atomic E-state index is 12.1. The van der Waals surface area contributed by atoms with Crippen molar-refractivity contribution in [2.45, 2.75) is 31.1 Å². The molecule has 1 aromatic carbocycles. The summed E-state index contributed by atoms with van der Waals surface area (Å²) in [6.07, 6.45) is 3.56.